The molecule has 0 amide bonds. The van der Waals surface area contributed by atoms with E-state index in [2.05, 4.69) is 19.1 Å². The van der Waals surface area contributed by atoms with Gasteiger partial charge in [0.1, 0.15) is 5.75 Å². The quantitative estimate of drug-likeness (QED) is 0.335. The molecule has 0 radical (unpaired) electrons. The number of unbranched alkanes of at least 4 members (excludes halogenated alkanes) is 3. The van der Waals surface area contributed by atoms with Crippen molar-refractivity contribution in [3.05, 3.63) is 28.8 Å². The highest BCUT2D eigenvalue weighted by Gasteiger charge is 2.46. The molecule has 0 aromatic heterocycles. The number of rotatable bonds is 9. The summed E-state index contributed by atoms with van der Waals surface area (Å²) in [6, 6.07) is 4.54. The van der Waals surface area contributed by atoms with Crippen molar-refractivity contribution >= 4 is 0 Å². The number of epoxide rings is 1. The predicted molar refractivity (Wildman–Crippen MR) is 123 cm³/mol. The molecule has 30 heavy (non-hydrogen) atoms. The van der Waals surface area contributed by atoms with Gasteiger partial charge in [0.2, 0.25) is 0 Å². The van der Waals surface area contributed by atoms with Crippen LogP contribution in [0.25, 0.3) is 0 Å². The van der Waals surface area contributed by atoms with Gasteiger partial charge in [-0.3, -0.25) is 0 Å². The minimum absolute atomic E-state index is 0.567. The van der Waals surface area contributed by atoms with Gasteiger partial charge in [-0.25, -0.2) is 0 Å². The lowest BCUT2D eigenvalue weighted by Gasteiger charge is -2.31. The molecule has 1 aromatic rings. The summed E-state index contributed by atoms with van der Waals surface area (Å²) >= 11 is 0. The Labute approximate surface area is 183 Å². The molecule has 1 saturated heterocycles. The number of benzene rings is 1. The average molecular weight is 411 g/mol. The molecule has 1 N–H and O–H groups in total. The third kappa shape index (κ3) is 4.59. The van der Waals surface area contributed by atoms with Crippen LogP contribution in [0.15, 0.2) is 12.1 Å². The van der Waals surface area contributed by atoms with E-state index in [1.54, 1.807) is 5.56 Å². The molecular weight excluding hydrogens is 368 g/mol. The van der Waals surface area contributed by atoms with Crippen LogP contribution in [-0.2, 0) is 4.74 Å². The molecule has 4 aliphatic rings. The van der Waals surface area contributed by atoms with E-state index in [9.17, 15) is 5.11 Å². The Hall–Kier alpha value is -1.02. The van der Waals surface area contributed by atoms with Crippen molar-refractivity contribution in [2.24, 2.45) is 17.8 Å². The lowest BCUT2D eigenvalue weighted by molar-refractivity contribution is 0.281. The van der Waals surface area contributed by atoms with Gasteiger partial charge in [-0.2, -0.15) is 0 Å². The fourth-order valence-corrected chi connectivity index (χ4v) is 7.36. The zero-order valence-electron chi connectivity index (χ0n) is 19.1. The Bertz CT molecular complexity index is 716. The van der Waals surface area contributed by atoms with Crippen LogP contribution in [0.5, 0.6) is 5.75 Å². The number of phenolic OH excluding ortho intramolecular Hbond substituents is 1. The van der Waals surface area contributed by atoms with Gasteiger partial charge in [-0.05, 0) is 97.8 Å². The molecule has 1 aromatic carbocycles. The maximum absolute atomic E-state index is 10.7. The lowest BCUT2D eigenvalue weighted by atomic mass is 9.74. The van der Waals surface area contributed by atoms with E-state index in [0.717, 1.165) is 30.3 Å². The van der Waals surface area contributed by atoms with Gasteiger partial charge < -0.3 is 9.84 Å². The van der Waals surface area contributed by atoms with E-state index < -0.39 is 0 Å². The van der Waals surface area contributed by atoms with Crippen LogP contribution in [0.4, 0.5) is 0 Å². The normalized spacial score (nSPS) is 33.3. The van der Waals surface area contributed by atoms with Crippen molar-refractivity contribution in [3.8, 4) is 5.75 Å². The van der Waals surface area contributed by atoms with Crippen LogP contribution < -0.4 is 0 Å². The fraction of sp³-hybridized carbons (Fsp3) is 0.786. The fourth-order valence-electron chi connectivity index (χ4n) is 7.36. The van der Waals surface area contributed by atoms with E-state index in [4.69, 9.17) is 4.74 Å². The molecule has 2 bridgehead atoms. The standard InChI is InChI=1S/C28H42O2/c1-19-13-28(29)27(20-9-6-4-7-10-20)17-25(19)26-16-22-15-23(26)14-21(22)11-5-2-3-8-12-24-18-30-24/h13,17,20-24,26,29H,2-12,14-16,18H2,1H3. The summed E-state index contributed by atoms with van der Waals surface area (Å²) in [5.41, 5.74) is 4.19. The molecule has 0 spiro atoms. The maximum atomic E-state index is 10.7. The lowest BCUT2D eigenvalue weighted by Crippen LogP contribution is -2.18. The summed E-state index contributed by atoms with van der Waals surface area (Å²) in [5, 5.41) is 10.7. The van der Waals surface area contributed by atoms with Crippen molar-refractivity contribution in [2.75, 3.05) is 6.61 Å². The Morgan fingerprint density at radius 3 is 2.33 bits per heavy atom. The van der Waals surface area contributed by atoms with Gasteiger partial charge in [0.25, 0.3) is 0 Å². The SMILES string of the molecule is Cc1cc(O)c(C2CCCCC2)cc1C1CC2CC1CC2CCCCCCC1CO1. The Morgan fingerprint density at radius 2 is 1.63 bits per heavy atom. The summed E-state index contributed by atoms with van der Waals surface area (Å²) in [7, 11) is 0. The minimum Gasteiger partial charge on any atom is -0.508 e. The summed E-state index contributed by atoms with van der Waals surface area (Å²) in [6.45, 7) is 3.25. The molecule has 5 atom stereocenters. The molecule has 5 rings (SSSR count). The third-order valence-electron chi connectivity index (χ3n) is 9.12. The number of aryl methyl sites for hydroxylation is 1. The number of aromatic hydroxyl groups is 1. The van der Waals surface area contributed by atoms with Crippen LogP contribution in [0, 0.1) is 24.7 Å². The van der Waals surface area contributed by atoms with Crippen LogP contribution in [0.1, 0.15) is 118 Å². The van der Waals surface area contributed by atoms with Crippen LogP contribution in [0.3, 0.4) is 0 Å². The van der Waals surface area contributed by atoms with Crippen molar-refractivity contribution in [2.45, 2.75) is 115 Å². The topological polar surface area (TPSA) is 32.8 Å². The summed E-state index contributed by atoms with van der Waals surface area (Å²) in [6.07, 6.45) is 19.9. The summed E-state index contributed by atoms with van der Waals surface area (Å²) in [5.74, 6) is 4.77. The predicted octanol–water partition coefficient (Wildman–Crippen LogP) is 7.62. The van der Waals surface area contributed by atoms with E-state index in [1.165, 1.54) is 101 Å². The van der Waals surface area contributed by atoms with Crippen LogP contribution in [0.2, 0.25) is 0 Å². The van der Waals surface area contributed by atoms with E-state index in [-0.39, 0.29) is 0 Å². The first kappa shape index (κ1) is 20.9. The number of phenols is 1. The van der Waals surface area contributed by atoms with Gasteiger partial charge in [0.05, 0.1) is 12.7 Å². The van der Waals surface area contributed by atoms with E-state index in [0.29, 0.717) is 17.8 Å². The van der Waals surface area contributed by atoms with Crippen molar-refractivity contribution < 1.29 is 9.84 Å². The molecule has 3 aliphatic carbocycles. The highest BCUT2D eigenvalue weighted by molar-refractivity contribution is 5.45. The smallest absolute Gasteiger partial charge is 0.119 e. The van der Waals surface area contributed by atoms with Gasteiger partial charge >= 0.3 is 0 Å². The monoisotopic (exact) mass is 410 g/mol. The molecule has 1 heterocycles. The second-order valence-corrected chi connectivity index (χ2v) is 11.1. The van der Waals surface area contributed by atoms with Crippen molar-refractivity contribution in [1.29, 1.82) is 0 Å². The Kier molecular flexibility index (Phi) is 6.42. The van der Waals surface area contributed by atoms with Gasteiger partial charge in [0.15, 0.2) is 0 Å². The van der Waals surface area contributed by atoms with Crippen LogP contribution >= 0.6 is 0 Å². The highest BCUT2D eigenvalue weighted by Crippen LogP contribution is 2.58. The average Bonchev–Trinajstić information content (AvgIpc) is 3.37. The van der Waals surface area contributed by atoms with E-state index >= 15 is 0 Å². The molecule has 2 heteroatoms. The Morgan fingerprint density at radius 1 is 0.867 bits per heavy atom. The van der Waals surface area contributed by atoms with Crippen molar-refractivity contribution in [3.63, 3.8) is 0 Å². The van der Waals surface area contributed by atoms with Gasteiger partial charge in [0, 0.05) is 0 Å². The number of fused-ring (bicyclic) bond motifs is 2. The number of hydrogen-bond acceptors (Lipinski definition) is 2. The first-order valence-corrected chi connectivity index (χ1v) is 13.1. The summed E-state index contributed by atoms with van der Waals surface area (Å²) in [4.78, 5) is 0. The Balaban J connectivity index is 1.15. The van der Waals surface area contributed by atoms with Crippen molar-refractivity contribution in [1.82, 2.24) is 0 Å². The zero-order chi connectivity index (χ0) is 20.5. The van der Waals surface area contributed by atoms with Crippen LogP contribution in [-0.4, -0.2) is 17.8 Å². The maximum Gasteiger partial charge on any atom is 0.119 e. The first-order chi connectivity index (χ1) is 14.7. The largest absolute Gasteiger partial charge is 0.508 e. The molecule has 3 saturated carbocycles. The molecule has 5 unspecified atom stereocenters. The second kappa shape index (κ2) is 9.23. The number of ether oxygens (including phenoxy) is 1. The first-order valence-electron chi connectivity index (χ1n) is 13.1. The van der Waals surface area contributed by atoms with E-state index in [1.807, 2.05) is 0 Å². The summed E-state index contributed by atoms with van der Waals surface area (Å²) < 4.78 is 5.32. The highest BCUT2D eigenvalue weighted by atomic mass is 16.6. The second-order valence-electron chi connectivity index (χ2n) is 11.1. The minimum atomic E-state index is 0.567. The molecule has 2 nitrogen and oxygen atoms in total. The third-order valence-corrected chi connectivity index (χ3v) is 9.12. The molecule has 166 valence electrons. The van der Waals surface area contributed by atoms with Gasteiger partial charge in [-0.15, -0.1) is 0 Å². The molecular formula is C28H42O2. The van der Waals surface area contributed by atoms with Gasteiger partial charge in [-0.1, -0.05) is 57.4 Å². The number of hydrogen-bond donors (Lipinski definition) is 1. The zero-order valence-corrected chi connectivity index (χ0v) is 19.1. The molecule has 4 fully saturated rings. The molecule has 1 aliphatic heterocycles.